The van der Waals surface area contributed by atoms with Gasteiger partial charge in [-0.1, -0.05) is 30.3 Å². The van der Waals surface area contributed by atoms with Gasteiger partial charge in [0.2, 0.25) is 0 Å². The van der Waals surface area contributed by atoms with Crippen LogP contribution in [0.2, 0.25) is 0 Å². The molecule has 0 aromatic heterocycles. The number of nitrogens with one attached hydrogen (secondary N) is 2. The maximum absolute atomic E-state index is 12.1. The highest BCUT2D eigenvalue weighted by molar-refractivity contribution is 6.39. The predicted molar refractivity (Wildman–Crippen MR) is 130 cm³/mol. The lowest BCUT2D eigenvalue weighted by atomic mass is 10.2. The lowest BCUT2D eigenvalue weighted by molar-refractivity contribution is -0.136. The molecule has 0 heterocycles. The molecule has 0 saturated carbocycles. The van der Waals surface area contributed by atoms with Crippen LogP contribution < -0.4 is 25.0 Å². The maximum atomic E-state index is 12.1. The van der Waals surface area contributed by atoms with Crippen LogP contribution in [0.3, 0.4) is 0 Å². The Balaban J connectivity index is 1.55. The fourth-order valence-corrected chi connectivity index (χ4v) is 2.93. The monoisotopic (exact) mass is 461 g/mol. The number of nitrogens with zero attached hydrogens (tertiary/aromatic N) is 1. The van der Waals surface area contributed by atoms with Crippen molar-refractivity contribution in [1.29, 1.82) is 0 Å². The first-order chi connectivity index (χ1) is 16.6. The molecule has 0 unspecified atom stereocenters. The Hall–Kier alpha value is -4.33. The summed E-state index contributed by atoms with van der Waals surface area (Å²) in [4.78, 5) is 24.1. The minimum absolute atomic E-state index is 0.411. The molecular formula is C26H27N3O5. The Bertz CT molecular complexity index is 1120. The van der Waals surface area contributed by atoms with Gasteiger partial charge in [0.05, 0.1) is 19.4 Å². The Labute approximate surface area is 198 Å². The van der Waals surface area contributed by atoms with Gasteiger partial charge in [0.25, 0.3) is 0 Å². The van der Waals surface area contributed by atoms with E-state index in [0.717, 1.165) is 5.56 Å². The van der Waals surface area contributed by atoms with Crippen molar-refractivity contribution < 1.29 is 23.8 Å². The number of carbonyl (C=O) groups is 2. The lowest BCUT2D eigenvalue weighted by Gasteiger charge is -2.12. The topological polar surface area (TPSA) is 98.2 Å². The van der Waals surface area contributed by atoms with Gasteiger partial charge in [-0.15, -0.1) is 0 Å². The number of benzene rings is 3. The van der Waals surface area contributed by atoms with Crippen molar-refractivity contribution >= 4 is 23.7 Å². The first-order valence-corrected chi connectivity index (χ1v) is 10.9. The Morgan fingerprint density at radius 2 is 1.56 bits per heavy atom. The highest BCUT2D eigenvalue weighted by Crippen LogP contribution is 2.29. The third kappa shape index (κ3) is 7.37. The van der Waals surface area contributed by atoms with Gasteiger partial charge in [-0.2, -0.15) is 5.10 Å². The number of hydrogen-bond donors (Lipinski definition) is 2. The molecule has 0 saturated heterocycles. The molecule has 0 bridgehead atoms. The van der Waals surface area contributed by atoms with E-state index < -0.39 is 11.8 Å². The van der Waals surface area contributed by atoms with Gasteiger partial charge in [-0.25, -0.2) is 5.43 Å². The van der Waals surface area contributed by atoms with Crippen molar-refractivity contribution in [2.24, 2.45) is 5.10 Å². The van der Waals surface area contributed by atoms with Crippen LogP contribution >= 0.6 is 0 Å². The van der Waals surface area contributed by atoms with E-state index in [2.05, 4.69) is 15.8 Å². The van der Waals surface area contributed by atoms with E-state index >= 15 is 0 Å². The number of anilines is 1. The van der Waals surface area contributed by atoms with Crippen LogP contribution in [-0.4, -0.2) is 31.2 Å². The molecule has 8 nitrogen and oxygen atoms in total. The SMILES string of the molecule is CCOc1ccc(NC(=O)C(=O)N/N=C\c2ccc(OCc3ccccc3)c(OCC)c2)cc1. The molecule has 0 aliphatic carbocycles. The Morgan fingerprint density at radius 1 is 0.824 bits per heavy atom. The van der Waals surface area contributed by atoms with E-state index in [-0.39, 0.29) is 0 Å². The normalized spacial score (nSPS) is 10.5. The predicted octanol–water partition coefficient (Wildman–Crippen LogP) is 4.15. The third-order valence-corrected chi connectivity index (χ3v) is 4.51. The summed E-state index contributed by atoms with van der Waals surface area (Å²) in [6.45, 7) is 5.18. The number of amides is 2. The minimum atomic E-state index is -0.891. The second-order valence-corrected chi connectivity index (χ2v) is 7.02. The van der Waals surface area contributed by atoms with Crippen LogP contribution in [-0.2, 0) is 16.2 Å². The van der Waals surface area contributed by atoms with E-state index in [1.807, 2.05) is 44.2 Å². The van der Waals surface area contributed by atoms with Gasteiger partial charge < -0.3 is 19.5 Å². The second-order valence-electron chi connectivity index (χ2n) is 7.02. The number of ether oxygens (including phenoxy) is 3. The third-order valence-electron chi connectivity index (χ3n) is 4.51. The Morgan fingerprint density at radius 3 is 2.26 bits per heavy atom. The quantitative estimate of drug-likeness (QED) is 0.269. The minimum Gasteiger partial charge on any atom is -0.494 e. The molecule has 3 rings (SSSR count). The zero-order valence-corrected chi connectivity index (χ0v) is 19.1. The Kier molecular flexibility index (Phi) is 9.04. The second kappa shape index (κ2) is 12.6. The molecule has 2 amide bonds. The largest absolute Gasteiger partial charge is 0.494 e. The number of hydrogen-bond acceptors (Lipinski definition) is 6. The standard InChI is InChI=1S/C26H27N3O5/c1-3-32-22-13-11-21(12-14-22)28-25(30)26(31)29-27-17-20-10-15-23(24(16-20)33-4-2)34-18-19-8-6-5-7-9-19/h5-17H,3-4,18H2,1-2H3,(H,28,30)(H,29,31)/b27-17-. The van der Waals surface area contributed by atoms with Crippen molar-refractivity contribution in [2.45, 2.75) is 20.5 Å². The van der Waals surface area contributed by atoms with E-state index in [1.54, 1.807) is 42.5 Å². The average Bonchev–Trinajstić information content (AvgIpc) is 2.85. The van der Waals surface area contributed by atoms with Crippen LogP contribution in [0.4, 0.5) is 5.69 Å². The van der Waals surface area contributed by atoms with E-state index in [9.17, 15) is 9.59 Å². The molecule has 0 aliphatic heterocycles. The molecule has 0 atom stereocenters. The molecule has 2 N–H and O–H groups in total. The molecule has 0 aliphatic rings. The molecule has 3 aromatic rings. The average molecular weight is 462 g/mol. The smallest absolute Gasteiger partial charge is 0.329 e. The summed E-state index contributed by atoms with van der Waals surface area (Å²) in [6, 6.07) is 21.8. The molecule has 0 fully saturated rings. The first kappa shape index (κ1) is 24.3. The maximum Gasteiger partial charge on any atom is 0.329 e. The van der Waals surface area contributed by atoms with Crippen molar-refractivity contribution in [2.75, 3.05) is 18.5 Å². The molecule has 34 heavy (non-hydrogen) atoms. The molecule has 0 spiro atoms. The molecule has 3 aromatic carbocycles. The molecular weight excluding hydrogens is 434 g/mol. The van der Waals surface area contributed by atoms with E-state index in [0.29, 0.717) is 48.3 Å². The highest BCUT2D eigenvalue weighted by Gasteiger charge is 2.13. The number of rotatable bonds is 10. The van der Waals surface area contributed by atoms with Crippen LogP contribution in [0.15, 0.2) is 77.9 Å². The zero-order valence-electron chi connectivity index (χ0n) is 19.1. The van der Waals surface area contributed by atoms with E-state index in [4.69, 9.17) is 14.2 Å². The summed E-state index contributed by atoms with van der Waals surface area (Å²) < 4.78 is 16.9. The summed E-state index contributed by atoms with van der Waals surface area (Å²) in [5.41, 5.74) is 4.40. The fraction of sp³-hybridized carbons (Fsp3) is 0.192. The summed E-state index contributed by atoms with van der Waals surface area (Å²) in [6.07, 6.45) is 1.42. The van der Waals surface area contributed by atoms with Crippen molar-refractivity contribution in [3.05, 3.63) is 83.9 Å². The summed E-state index contributed by atoms with van der Waals surface area (Å²) in [5, 5.41) is 6.37. The number of carbonyl (C=O) groups excluding carboxylic acids is 2. The summed E-state index contributed by atoms with van der Waals surface area (Å²) in [5.74, 6) is 0.111. The van der Waals surface area contributed by atoms with Crippen molar-refractivity contribution in [3.8, 4) is 17.2 Å². The molecule has 8 heteroatoms. The van der Waals surface area contributed by atoms with Gasteiger partial charge in [0.15, 0.2) is 11.5 Å². The summed E-state index contributed by atoms with van der Waals surface area (Å²) in [7, 11) is 0. The van der Waals surface area contributed by atoms with Crippen LogP contribution in [0.25, 0.3) is 0 Å². The van der Waals surface area contributed by atoms with E-state index in [1.165, 1.54) is 6.21 Å². The van der Waals surface area contributed by atoms with Gasteiger partial charge >= 0.3 is 11.8 Å². The fourth-order valence-electron chi connectivity index (χ4n) is 2.93. The first-order valence-electron chi connectivity index (χ1n) is 10.9. The van der Waals surface area contributed by atoms with Gasteiger partial charge in [-0.05, 0) is 67.4 Å². The van der Waals surface area contributed by atoms with Crippen LogP contribution in [0, 0.1) is 0 Å². The van der Waals surface area contributed by atoms with Gasteiger partial charge in [-0.3, -0.25) is 9.59 Å². The van der Waals surface area contributed by atoms with Gasteiger partial charge in [0, 0.05) is 5.69 Å². The van der Waals surface area contributed by atoms with Crippen LogP contribution in [0.1, 0.15) is 25.0 Å². The zero-order chi connectivity index (χ0) is 24.2. The number of hydrazone groups is 1. The molecule has 176 valence electrons. The summed E-state index contributed by atoms with van der Waals surface area (Å²) >= 11 is 0. The molecule has 0 radical (unpaired) electrons. The van der Waals surface area contributed by atoms with Gasteiger partial charge in [0.1, 0.15) is 12.4 Å². The highest BCUT2D eigenvalue weighted by atomic mass is 16.5. The van der Waals surface area contributed by atoms with Crippen molar-refractivity contribution in [1.82, 2.24) is 5.43 Å². The lowest BCUT2D eigenvalue weighted by Crippen LogP contribution is -2.32. The van der Waals surface area contributed by atoms with Crippen LogP contribution in [0.5, 0.6) is 17.2 Å². The van der Waals surface area contributed by atoms with Crippen molar-refractivity contribution in [3.63, 3.8) is 0 Å².